The fraction of sp³-hybridized carbons (Fsp3) is 0.600. The quantitative estimate of drug-likeness (QED) is 0.722. The second-order valence-corrected chi connectivity index (χ2v) is 5.95. The number of carbonyl (C=O) groups is 1. The largest absolute Gasteiger partial charge is 0.458 e. The number of cyclic esters (lactones) is 1. The van der Waals surface area contributed by atoms with Gasteiger partial charge in [-0.2, -0.15) is 0 Å². The van der Waals surface area contributed by atoms with Gasteiger partial charge in [0.25, 0.3) is 5.56 Å². The SMILES string of the molecule is COCC1(O)C(=O)OCc2c1cc1n(c2=O)CCC12OCCO2. The third-order valence-electron chi connectivity index (χ3n) is 4.69. The van der Waals surface area contributed by atoms with Gasteiger partial charge in [0.2, 0.25) is 11.4 Å². The molecule has 0 aliphatic carbocycles. The van der Waals surface area contributed by atoms with E-state index in [1.54, 1.807) is 10.6 Å². The zero-order valence-electron chi connectivity index (χ0n) is 12.7. The minimum Gasteiger partial charge on any atom is -0.458 e. The number of hydrogen-bond donors (Lipinski definition) is 1. The Bertz CT molecular complexity index is 734. The van der Waals surface area contributed by atoms with Gasteiger partial charge in [0.15, 0.2) is 0 Å². The van der Waals surface area contributed by atoms with Crippen molar-refractivity contribution in [3.05, 3.63) is 33.2 Å². The molecule has 1 saturated heterocycles. The van der Waals surface area contributed by atoms with E-state index in [1.807, 2.05) is 0 Å². The molecule has 3 aliphatic heterocycles. The highest BCUT2D eigenvalue weighted by Gasteiger charge is 2.51. The molecule has 0 radical (unpaired) electrons. The Hall–Kier alpha value is -1.74. The van der Waals surface area contributed by atoms with E-state index < -0.39 is 17.4 Å². The molecule has 1 fully saturated rings. The van der Waals surface area contributed by atoms with Crippen LogP contribution in [0.1, 0.15) is 23.2 Å². The number of carbonyl (C=O) groups excluding carboxylic acids is 1. The van der Waals surface area contributed by atoms with Crippen LogP contribution < -0.4 is 5.56 Å². The summed E-state index contributed by atoms with van der Waals surface area (Å²) in [6.07, 6.45) is 0.517. The molecule has 1 aromatic rings. The molecule has 4 rings (SSSR count). The predicted molar refractivity (Wildman–Crippen MR) is 74.5 cm³/mol. The summed E-state index contributed by atoms with van der Waals surface area (Å²) in [5.74, 6) is -1.79. The van der Waals surface area contributed by atoms with Crippen molar-refractivity contribution in [3.8, 4) is 0 Å². The maximum atomic E-state index is 12.8. The van der Waals surface area contributed by atoms with Gasteiger partial charge in [0, 0.05) is 25.6 Å². The molecule has 3 aliphatic rings. The second kappa shape index (κ2) is 4.88. The van der Waals surface area contributed by atoms with Gasteiger partial charge in [-0.05, 0) is 6.07 Å². The molecule has 1 N–H and O–H groups in total. The lowest BCUT2D eigenvalue weighted by Gasteiger charge is -2.33. The lowest BCUT2D eigenvalue weighted by atomic mass is 9.88. The van der Waals surface area contributed by atoms with Crippen molar-refractivity contribution in [1.29, 1.82) is 0 Å². The van der Waals surface area contributed by atoms with Gasteiger partial charge in [0.1, 0.15) is 6.61 Å². The monoisotopic (exact) mass is 323 g/mol. The third-order valence-corrected chi connectivity index (χ3v) is 4.69. The number of methoxy groups -OCH3 is 1. The Kier molecular flexibility index (Phi) is 3.14. The summed E-state index contributed by atoms with van der Waals surface area (Å²) >= 11 is 0. The van der Waals surface area contributed by atoms with E-state index in [9.17, 15) is 14.7 Å². The molecule has 1 unspecified atom stereocenters. The molecule has 0 bridgehead atoms. The van der Waals surface area contributed by atoms with Crippen LogP contribution >= 0.6 is 0 Å². The molecule has 0 saturated carbocycles. The van der Waals surface area contributed by atoms with E-state index in [-0.39, 0.29) is 29.9 Å². The first-order chi connectivity index (χ1) is 11.0. The van der Waals surface area contributed by atoms with E-state index in [0.717, 1.165) is 0 Å². The van der Waals surface area contributed by atoms with Crippen molar-refractivity contribution in [2.45, 2.75) is 31.0 Å². The first-order valence-electron chi connectivity index (χ1n) is 7.46. The third kappa shape index (κ3) is 1.86. The van der Waals surface area contributed by atoms with Crippen LogP contribution in [0.4, 0.5) is 0 Å². The number of ether oxygens (including phenoxy) is 4. The molecule has 4 heterocycles. The fourth-order valence-corrected chi connectivity index (χ4v) is 3.58. The average Bonchev–Trinajstić information content (AvgIpc) is 3.14. The molecule has 1 spiro atoms. The summed E-state index contributed by atoms with van der Waals surface area (Å²) in [4.78, 5) is 24.8. The van der Waals surface area contributed by atoms with Crippen molar-refractivity contribution >= 4 is 5.97 Å². The molecule has 1 atom stereocenters. The Morgan fingerprint density at radius 1 is 1.35 bits per heavy atom. The number of hydrogen-bond acceptors (Lipinski definition) is 7. The van der Waals surface area contributed by atoms with Crippen LogP contribution in [-0.4, -0.2) is 42.6 Å². The summed E-state index contributed by atoms with van der Waals surface area (Å²) < 4.78 is 23.0. The first-order valence-corrected chi connectivity index (χ1v) is 7.46. The highest BCUT2D eigenvalue weighted by Crippen LogP contribution is 2.42. The van der Waals surface area contributed by atoms with Gasteiger partial charge in [-0.1, -0.05) is 0 Å². The fourth-order valence-electron chi connectivity index (χ4n) is 3.58. The zero-order valence-corrected chi connectivity index (χ0v) is 12.7. The number of fused-ring (bicyclic) bond motifs is 3. The lowest BCUT2D eigenvalue weighted by molar-refractivity contribution is -0.178. The van der Waals surface area contributed by atoms with Crippen LogP contribution in [0.15, 0.2) is 10.9 Å². The number of aliphatic hydroxyl groups is 1. The number of nitrogens with zero attached hydrogens (tertiary/aromatic N) is 1. The van der Waals surface area contributed by atoms with Gasteiger partial charge >= 0.3 is 5.97 Å². The molecule has 8 nitrogen and oxygen atoms in total. The van der Waals surface area contributed by atoms with Crippen LogP contribution in [0.3, 0.4) is 0 Å². The Morgan fingerprint density at radius 2 is 2.09 bits per heavy atom. The van der Waals surface area contributed by atoms with Crippen molar-refractivity contribution in [2.24, 2.45) is 0 Å². The maximum absolute atomic E-state index is 12.8. The number of esters is 1. The molecule has 1 aromatic heterocycles. The van der Waals surface area contributed by atoms with E-state index in [2.05, 4.69) is 0 Å². The predicted octanol–water partition coefficient (Wildman–Crippen LogP) is -0.658. The van der Waals surface area contributed by atoms with Crippen molar-refractivity contribution < 1.29 is 28.8 Å². The minimum absolute atomic E-state index is 0.159. The van der Waals surface area contributed by atoms with Crippen LogP contribution in [0, 0.1) is 0 Å². The molecular formula is C15H17NO7. The van der Waals surface area contributed by atoms with E-state index >= 15 is 0 Å². The normalized spacial score (nSPS) is 27.8. The summed E-state index contributed by atoms with van der Waals surface area (Å²) in [6, 6.07) is 1.62. The van der Waals surface area contributed by atoms with E-state index in [4.69, 9.17) is 18.9 Å². The lowest BCUT2D eigenvalue weighted by Crippen LogP contribution is -2.48. The minimum atomic E-state index is -2.00. The average molecular weight is 323 g/mol. The van der Waals surface area contributed by atoms with Crippen molar-refractivity contribution in [2.75, 3.05) is 26.9 Å². The maximum Gasteiger partial charge on any atom is 0.345 e. The molecule has 23 heavy (non-hydrogen) atoms. The van der Waals surface area contributed by atoms with Crippen molar-refractivity contribution in [3.63, 3.8) is 0 Å². The van der Waals surface area contributed by atoms with Crippen molar-refractivity contribution in [1.82, 2.24) is 4.57 Å². The second-order valence-electron chi connectivity index (χ2n) is 5.95. The molecule has 0 amide bonds. The van der Waals surface area contributed by atoms with E-state index in [0.29, 0.717) is 31.9 Å². The van der Waals surface area contributed by atoms with Crippen LogP contribution in [0.25, 0.3) is 0 Å². The molecule has 124 valence electrons. The summed E-state index contributed by atoms with van der Waals surface area (Å²) in [7, 11) is 1.37. The molecular weight excluding hydrogens is 306 g/mol. The molecule has 0 aromatic carbocycles. The van der Waals surface area contributed by atoms with Gasteiger partial charge in [0.05, 0.1) is 31.1 Å². The number of pyridine rings is 1. The number of aromatic nitrogens is 1. The van der Waals surface area contributed by atoms with Gasteiger partial charge < -0.3 is 28.6 Å². The summed E-state index contributed by atoms with van der Waals surface area (Å²) in [6.45, 7) is 0.883. The van der Waals surface area contributed by atoms with Crippen LogP contribution in [0.2, 0.25) is 0 Å². The number of rotatable bonds is 2. The van der Waals surface area contributed by atoms with Crippen LogP contribution in [-0.2, 0) is 48.3 Å². The van der Waals surface area contributed by atoms with Crippen LogP contribution in [0.5, 0.6) is 0 Å². The highest BCUT2D eigenvalue weighted by molar-refractivity contribution is 5.83. The Balaban J connectivity index is 1.95. The summed E-state index contributed by atoms with van der Waals surface area (Å²) in [5, 5.41) is 10.7. The topological polar surface area (TPSA) is 96.2 Å². The Labute approximate surface area is 131 Å². The summed E-state index contributed by atoms with van der Waals surface area (Å²) in [5.41, 5.74) is -1.28. The van der Waals surface area contributed by atoms with Gasteiger partial charge in [-0.3, -0.25) is 4.79 Å². The Morgan fingerprint density at radius 3 is 2.78 bits per heavy atom. The van der Waals surface area contributed by atoms with E-state index in [1.165, 1.54) is 7.11 Å². The smallest absolute Gasteiger partial charge is 0.345 e. The zero-order chi connectivity index (χ0) is 16.2. The standard InChI is InChI=1S/C15H17NO7/c1-20-8-14(19)10-6-11-15(22-4-5-23-15)2-3-16(11)12(17)9(10)7-21-13(14)18/h6,19H,2-5,7-8H2,1H3. The van der Waals surface area contributed by atoms with Gasteiger partial charge in [-0.25, -0.2) is 4.79 Å². The highest BCUT2D eigenvalue weighted by atomic mass is 16.7. The first kappa shape index (κ1) is 14.8. The molecule has 8 heteroatoms. The van der Waals surface area contributed by atoms with Gasteiger partial charge in [-0.15, -0.1) is 0 Å².